The molecular formula is C6H12INO4. The average Bonchev–Trinajstić information content (AvgIpc) is 2.10. The van der Waals surface area contributed by atoms with Crippen molar-refractivity contribution in [2.45, 2.75) is 24.4 Å². The Labute approximate surface area is 84.2 Å². The van der Waals surface area contributed by atoms with Crippen LogP contribution in [0.1, 0.15) is 0 Å². The molecule has 1 aliphatic heterocycles. The summed E-state index contributed by atoms with van der Waals surface area (Å²) in [4.78, 5) is 0. The topological polar surface area (TPSA) is 82.0 Å². The molecule has 0 amide bonds. The number of halogens is 1. The van der Waals surface area contributed by atoms with Crippen LogP contribution in [0, 0.1) is 0 Å². The molecule has 0 aliphatic carbocycles. The molecule has 6 heteroatoms. The number of ether oxygens (including phenoxy) is 1. The number of hydrogen-bond donors (Lipinski definition) is 4. The van der Waals surface area contributed by atoms with Crippen LogP contribution in [0.5, 0.6) is 0 Å². The summed E-state index contributed by atoms with van der Waals surface area (Å²) in [6.07, 6.45) is -2.56. The van der Waals surface area contributed by atoms with Gasteiger partial charge >= 0.3 is 0 Å². The summed E-state index contributed by atoms with van der Waals surface area (Å²) in [6.45, 7) is 0.0264. The monoisotopic (exact) mass is 289 g/mol. The van der Waals surface area contributed by atoms with Crippen molar-refractivity contribution in [3.8, 4) is 0 Å². The van der Waals surface area contributed by atoms with Crippen molar-refractivity contribution in [2.24, 2.45) is 0 Å². The van der Waals surface area contributed by atoms with E-state index >= 15 is 0 Å². The summed E-state index contributed by atoms with van der Waals surface area (Å²) < 4.78 is 7.87. The number of nitrogens with one attached hydrogen (secondary N) is 1. The molecule has 0 bridgehead atoms. The van der Waals surface area contributed by atoms with Crippen LogP contribution in [0.25, 0.3) is 0 Å². The van der Waals surface area contributed by atoms with Gasteiger partial charge in [-0.25, -0.2) is 0 Å². The molecule has 0 aromatic rings. The second-order valence-electron chi connectivity index (χ2n) is 2.75. The van der Waals surface area contributed by atoms with Gasteiger partial charge in [-0.05, 0) is 0 Å². The molecule has 0 saturated carbocycles. The van der Waals surface area contributed by atoms with Gasteiger partial charge in [-0.3, -0.25) is 3.53 Å². The zero-order valence-corrected chi connectivity index (χ0v) is 8.51. The minimum atomic E-state index is -1.02. The van der Waals surface area contributed by atoms with Crippen molar-refractivity contribution in [1.29, 1.82) is 0 Å². The molecule has 1 fully saturated rings. The van der Waals surface area contributed by atoms with Crippen LogP contribution in [0.4, 0.5) is 0 Å². The van der Waals surface area contributed by atoms with E-state index in [0.717, 1.165) is 0 Å². The largest absolute Gasteiger partial charge is 0.394 e. The molecule has 0 aromatic carbocycles. The van der Waals surface area contributed by atoms with Gasteiger partial charge in [0.1, 0.15) is 18.3 Å². The zero-order valence-electron chi connectivity index (χ0n) is 6.35. The van der Waals surface area contributed by atoms with Gasteiger partial charge in [0.2, 0.25) is 0 Å². The smallest absolute Gasteiger partial charge is 0.110 e. The van der Waals surface area contributed by atoms with Gasteiger partial charge < -0.3 is 20.1 Å². The first-order valence-corrected chi connectivity index (χ1v) is 4.73. The van der Waals surface area contributed by atoms with Gasteiger partial charge in [-0.15, -0.1) is 0 Å². The fourth-order valence-electron chi connectivity index (χ4n) is 1.14. The van der Waals surface area contributed by atoms with Crippen LogP contribution in [0.2, 0.25) is 0 Å². The lowest BCUT2D eigenvalue weighted by Crippen LogP contribution is -2.57. The third-order valence-electron chi connectivity index (χ3n) is 1.95. The minimum Gasteiger partial charge on any atom is -0.394 e. The molecule has 5 nitrogen and oxygen atoms in total. The Balaban J connectivity index is 2.52. The van der Waals surface area contributed by atoms with E-state index < -0.39 is 18.3 Å². The average molecular weight is 289 g/mol. The summed E-state index contributed by atoms with van der Waals surface area (Å²) in [7, 11) is 0. The maximum absolute atomic E-state index is 9.43. The number of aliphatic hydroxyl groups excluding tert-OH is 3. The fraction of sp³-hybridized carbons (Fsp3) is 1.00. The fourth-order valence-corrected chi connectivity index (χ4v) is 1.69. The van der Waals surface area contributed by atoms with Crippen LogP contribution < -0.4 is 3.53 Å². The van der Waals surface area contributed by atoms with Gasteiger partial charge in [0.25, 0.3) is 0 Å². The highest BCUT2D eigenvalue weighted by Crippen LogP contribution is 2.15. The maximum Gasteiger partial charge on any atom is 0.110 e. The SMILES string of the molecule is OC[C@H]1OCC(NI)[C@@H](O)[C@@H]1O. The first-order valence-electron chi connectivity index (χ1n) is 3.65. The molecule has 0 aromatic heterocycles. The highest BCUT2D eigenvalue weighted by atomic mass is 127. The lowest BCUT2D eigenvalue weighted by atomic mass is 9.99. The number of rotatable bonds is 2. The minimum absolute atomic E-state index is 0.272. The second kappa shape index (κ2) is 4.68. The van der Waals surface area contributed by atoms with Gasteiger partial charge in [-0.1, -0.05) is 0 Å². The standard InChI is InChI=1S/C6H12INO4/c7-8-3-2-12-4(1-9)6(11)5(3)10/h3-6,8-11H,1-2H2/t3?,4-,5-,6-/m1/s1. The van der Waals surface area contributed by atoms with Crippen molar-refractivity contribution in [2.75, 3.05) is 13.2 Å². The highest BCUT2D eigenvalue weighted by molar-refractivity contribution is 14.1. The van der Waals surface area contributed by atoms with E-state index in [2.05, 4.69) is 3.53 Å². The molecular weight excluding hydrogens is 277 g/mol. The van der Waals surface area contributed by atoms with Crippen LogP contribution in [0.3, 0.4) is 0 Å². The first-order chi connectivity index (χ1) is 5.70. The van der Waals surface area contributed by atoms with Gasteiger partial charge in [0.05, 0.1) is 19.3 Å². The molecule has 1 heterocycles. The Morgan fingerprint density at radius 3 is 2.58 bits per heavy atom. The van der Waals surface area contributed by atoms with Crippen molar-refractivity contribution in [3.05, 3.63) is 0 Å². The molecule has 4 atom stereocenters. The summed E-state index contributed by atoms with van der Waals surface area (Å²) in [5.74, 6) is 0. The van der Waals surface area contributed by atoms with Crippen molar-refractivity contribution in [3.63, 3.8) is 0 Å². The molecule has 4 N–H and O–H groups in total. The van der Waals surface area contributed by atoms with E-state index in [9.17, 15) is 10.2 Å². The highest BCUT2D eigenvalue weighted by Gasteiger charge is 2.37. The Morgan fingerprint density at radius 1 is 1.42 bits per heavy atom. The molecule has 0 spiro atoms. The second-order valence-corrected chi connectivity index (χ2v) is 3.37. The van der Waals surface area contributed by atoms with E-state index in [4.69, 9.17) is 9.84 Å². The predicted octanol–water partition coefficient (Wildman–Crippen LogP) is -1.59. The molecule has 1 unspecified atom stereocenters. The lowest BCUT2D eigenvalue weighted by Gasteiger charge is -2.36. The Bertz CT molecular complexity index is 132. The number of aliphatic hydroxyl groups is 3. The number of hydrogen-bond acceptors (Lipinski definition) is 5. The van der Waals surface area contributed by atoms with E-state index in [-0.39, 0.29) is 12.6 Å². The molecule has 72 valence electrons. The van der Waals surface area contributed by atoms with E-state index in [1.807, 2.05) is 22.9 Å². The van der Waals surface area contributed by atoms with Gasteiger partial charge in [0.15, 0.2) is 0 Å². The molecule has 0 radical (unpaired) electrons. The Hall–Kier alpha value is 0.530. The summed E-state index contributed by atoms with van der Waals surface area (Å²) >= 11 is 1.89. The van der Waals surface area contributed by atoms with Crippen LogP contribution in [-0.4, -0.2) is 52.9 Å². The Morgan fingerprint density at radius 2 is 2.08 bits per heavy atom. The van der Waals surface area contributed by atoms with E-state index in [0.29, 0.717) is 6.61 Å². The van der Waals surface area contributed by atoms with E-state index in [1.54, 1.807) is 0 Å². The molecule has 12 heavy (non-hydrogen) atoms. The van der Waals surface area contributed by atoms with Crippen molar-refractivity contribution >= 4 is 22.9 Å². The van der Waals surface area contributed by atoms with Crippen LogP contribution in [-0.2, 0) is 4.74 Å². The van der Waals surface area contributed by atoms with Gasteiger partial charge in [0, 0.05) is 22.9 Å². The third-order valence-corrected chi connectivity index (χ3v) is 2.75. The first kappa shape index (κ1) is 10.6. The van der Waals surface area contributed by atoms with Crippen molar-refractivity contribution < 1.29 is 20.1 Å². The molecule has 1 rings (SSSR count). The predicted molar refractivity (Wildman–Crippen MR) is 49.8 cm³/mol. The Kier molecular flexibility index (Phi) is 4.14. The van der Waals surface area contributed by atoms with E-state index in [1.165, 1.54) is 0 Å². The van der Waals surface area contributed by atoms with Crippen LogP contribution >= 0.6 is 22.9 Å². The molecule has 1 saturated heterocycles. The molecule has 1 aliphatic rings. The normalized spacial score (nSPS) is 43.0. The third kappa shape index (κ3) is 2.06. The quantitative estimate of drug-likeness (QED) is 0.364. The maximum atomic E-state index is 9.43. The summed E-state index contributed by atoms with van der Waals surface area (Å²) in [5, 5.41) is 27.5. The van der Waals surface area contributed by atoms with Crippen LogP contribution in [0.15, 0.2) is 0 Å². The zero-order chi connectivity index (χ0) is 9.14. The van der Waals surface area contributed by atoms with Gasteiger partial charge in [-0.2, -0.15) is 0 Å². The summed E-state index contributed by atoms with van der Waals surface area (Å²) in [6, 6.07) is -0.275. The van der Waals surface area contributed by atoms with Crippen molar-refractivity contribution in [1.82, 2.24) is 3.53 Å². The summed E-state index contributed by atoms with van der Waals surface area (Å²) in [5.41, 5.74) is 0. The lowest BCUT2D eigenvalue weighted by molar-refractivity contribution is -0.157.